The van der Waals surface area contributed by atoms with Gasteiger partial charge in [0.1, 0.15) is 0 Å². The van der Waals surface area contributed by atoms with Crippen LogP contribution >= 0.6 is 0 Å². The second kappa shape index (κ2) is 6.98. The molecular formula is C12H23F3N4. The SMILES string of the molecule is CC(C)CCN=C(N)NC1CCN(CC(F)(F)F)C1. The van der Waals surface area contributed by atoms with Gasteiger partial charge < -0.3 is 11.1 Å². The van der Waals surface area contributed by atoms with Crippen LogP contribution in [0.1, 0.15) is 26.7 Å². The number of nitrogens with two attached hydrogens (primary N) is 1. The number of nitrogens with zero attached hydrogens (tertiary/aromatic N) is 2. The molecule has 1 unspecified atom stereocenters. The maximum Gasteiger partial charge on any atom is 0.401 e. The predicted octanol–water partition coefficient (Wildman–Crippen LogP) is 1.57. The fourth-order valence-electron chi connectivity index (χ4n) is 2.05. The molecule has 0 aromatic heterocycles. The summed E-state index contributed by atoms with van der Waals surface area (Å²) in [7, 11) is 0. The smallest absolute Gasteiger partial charge is 0.370 e. The van der Waals surface area contributed by atoms with Crippen molar-refractivity contribution in [1.82, 2.24) is 10.2 Å². The highest BCUT2D eigenvalue weighted by molar-refractivity contribution is 5.78. The summed E-state index contributed by atoms with van der Waals surface area (Å²) in [6.45, 7) is 4.80. The molecule has 112 valence electrons. The number of alkyl halides is 3. The Hall–Kier alpha value is -0.980. The number of nitrogens with one attached hydrogen (secondary N) is 1. The minimum atomic E-state index is -4.13. The van der Waals surface area contributed by atoms with Crippen LogP contribution in [-0.2, 0) is 0 Å². The molecule has 1 aliphatic heterocycles. The molecule has 19 heavy (non-hydrogen) atoms. The molecule has 0 spiro atoms. The highest BCUT2D eigenvalue weighted by atomic mass is 19.4. The molecule has 0 amide bonds. The van der Waals surface area contributed by atoms with Gasteiger partial charge in [0, 0.05) is 25.7 Å². The van der Waals surface area contributed by atoms with Crippen LogP contribution in [0.4, 0.5) is 13.2 Å². The Morgan fingerprint density at radius 1 is 1.47 bits per heavy atom. The third-order valence-corrected chi connectivity index (χ3v) is 3.02. The van der Waals surface area contributed by atoms with E-state index in [1.54, 1.807) is 0 Å². The maximum absolute atomic E-state index is 12.2. The van der Waals surface area contributed by atoms with E-state index in [1.807, 2.05) is 0 Å². The second-order valence-electron chi connectivity index (χ2n) is 5.43. The Labute approximate surface area is 112 Å². The van der Waals surface area contributed by atoms with E-state index in [2.05, 4.69) is 24.2 Å². The van der Waals surface area contributed by atoms with Gasteiger partial charge in [-0.3, -0.25) is 9.89 Å². The van der Waals surface area contributed by atoms with Gasteiger partial charge in [0.05, 0.1) is 6.54 Å². The molecule has 3 N–H and O–H groups in total. The number of hydrogen-bond donors (Lipinski definition) is 2. The summed E-state index contributed by atoms with van der Waals surface area (Å²) in [5.74, 6) is 0.893. The van der Waals surface area contributed by atoms with E-state index in [9.17, 15) is 13.2 Å². The molecule has 0 aromatic carbocycles. The molecule has 0 saturated carbocycles. The zero-order valence-electron chi connectivity index (χ0n) is 11.5. The number of rotatable bonds is 5. The summed E-state index contributed by atoms with van der Waals surface area (Å²) >= 11 is 0. The topological polar surface area (TPSA) is 53.6 Å². The Balaban J connectivity index is 2.27. The summed E-state index contributed by atoms with van der Waals surface area (Å²) in [5, 5.41) is 2.99. The van der Waals surface area contributed by atoms with Crippen molar-refractivity contribution >= 4 is 5.96 Å². The molecule has 0 bridgehead atoms. The molecular weight excluding hydrogens is 257 g/mol. The quantitative estimate of drug-likeness (QED) is 0.594. The van der Waals surface area contributed by atoms with Crippen LogP contribution in [0.5, 0.6) is 0 Å². The first-order valence-corrected chi connectivity index (χ1v) is 6.62. The lowest BCUT2D eigenvalue weighted by Gasteiger charge is -2.18. The number of aliphatic imine (C=N–C) groups is 1. The van der Waals surface area contributed by atoms with E-state index < -0.39 is 12.7 Å². The molecule has 0 radical (unpaired) electrons. The lowest BCUT2D eigenvalue weighted by molar-refractivity contribution is -0.143. The van der Waals surface area contributed by atoms with Crippen molar-refractivity contribution in [2.75, 3.05) is 26.2 Å². The van der Waals surface area contributed by atoms with Gasteiger partial charge in [-0.25, -0.2) is 0 Å². The minimum absolute atomic E-state index is 0.0369. The Kier molecular flexibility index (Phi) is 5.90. The third kappa shape index (κ3) is 7.25. The first-order chi connectivity index (χ1) is 8.76. The molecule has 1 atom stereocenters. The third-order valence-electron chi connectivity index (χ3n) is 3.02. The molecule has 1 aliphatic rings. The standard InChI is InChI=1S/C12H23F3N4/c1-9(2)3-5-17-11(16)18-10-4-6-19(7-10)8-12(13,14)15/h9-10H,3-8H2,1-2H3,(H3,16,17,18). The summed E-state index contributed by atoms with van der Waals surface area (Å²) in [6, 6.07) is -0.0369. The van der Waals surface area contributed by atoms with E-state index >= 15 is 0 Å². The van der Waals surface area contributed by atoms with Gasteiger partial charge in [0.2, 0.25) is 0 Å². The fraction of sp³-hybridized carbons (Fsp3) is 0.917. The number of halogens is 3. The van der Waals surface area contributed by atoms with Gasteiger partial charge in [-0.05, 0) is 18.8 Å². The van der Waals surface area contributed by atoms with Crippen molar-refractivity contribution in [3.05, 3.63) is 0 Å². The van der Waals surface area contributed by atoms with Gasteiger partial charge in [0.15, 0.2) is 5.96 Å². The fourth-order valence-corrected chi connectivity index (χ4v) is 2.05. The summed E-state index contributed by atoms with van der Waals surface area (Å²) in [5.41, 5.74) is 5.71. The van der Waals surface area contributed by atoms with Crippen LogP contribution in [0.3, 0.4) is 0 Å². The van der Waals surface area contributed by atoms with Crippen LogP contribution in [-0.4, -0.2) is 49.3 Å². The zero-order chi connectivity index (χ0) is 14.5. The summed E-state index contributed by atoms with van der Waals surface area (Å²) in [6.07, 6.45) is -2.52. The molecule has 1 rings (SSSR count). The molecule has 4 nitrogen and oxygen atoms in total. The predicted molar refractivity (Wildman–Crippen MR) is 70.0 cm³/mol. The Bertz CT molecular complexity index is 302. The van der Waals surface area contributed by atoms with Crippen molar-refractivity contribution < 1.29 is 13.2 Å². The number of likely N-dealkylation sites (tertiary alicyclic amines) is 1. The van der Waals surface area contributed by atoms with E-state index in [1.165, 1.54) is 4.90 Å². The number of hydrogen-bond acceptors (Lipinski definition) is 2. The molecule has 1 saturated heterocycles. The van der Waals surface area contributed by atoms with Gasteiger partial charge in [0.25, 0.3) is 0 Å². The normalized spacial score (nSPS) is 22.2. The molecule has 1 fully saturated rings. The Morgan fingerprint density at radius 2 is 2.16 bits per heavy atom. The largest absolute Gasteiger partial charge is 0.401 e. The van der Waals surface area contributed by atoms with Gasteiger partial charge >= 0.3 is 6.18 Å². The summed E-state index contributed by atoms with van der Waals surface area (Å²) < 4.78 is 36.7. The molecule has 0 aromatic rings. The van der Waals surface area contributed by atoms with Crippen LogP contribution in [0.2, 0.25) is 0 Å². The van der Waals surface area contributed by atoms with Gasteiger partial charge in [-0.15, -0.1) is 0 Å². The molecule has 0 aliphatic carbocycles. The summed E-state index contributed by atoms with van der Waals surface area (Å²) in [4.78, 5) is 5.56. The van der Waals surface area contributed by atoms with Crippen LogP contribution in [0, 0.1) is 5.92 Å². The maximum atomic E-state index is 12.2. The average molecular weight is 280 g/mol. The second-order valence-corrected chi connectivity index (χ2v) is 5.43. The van der Waals surface area contributed by atoms with E-state index in [0.717, 1.165) is 6.42 Å². The zero-order valence-corrected chi connectivity index (χ0v) is 11.5. The van der Waals surface area contributed by atoms with Crippen molar-refractivity contribution in [3.8, 4) is 0 Å². The van der Waals surface area contributed by atoms with E-state index in [0.29, 0.717) is 37.9 Å². The number of guanidine groups is 1. The molecule has 7 heteroatoms. The lowest BCUT2D eigenvalue weighted by atomic mass is 10.1. The van der Waals surface area contributed by atoms with Crippen LogP contribution in [0.15, 0.2) is 4.99 Å². The minimum Gasteiger partial charge on any atom is -0.370 e. The van der Waals surface area contributed by atoms with E-state index in [-0.39, 0.29) is 6.04 Å². The van der Waals surface area contributed by atoms with Gasteiger partial charge in [-0.2, -0.15) is 13.2 Å². The van der Waals surface area contributed by atoms with Crippen molar-refractivity contribution in [2.45, 2.75) is 38.9 Å². The highest BCUT2D eigenvalue weighted by Crippen LogP contribution is 2.19. The van der Waals surface area contributed by atoms with Crippen molar-refractivity contribution in [1.29, 1.82) is 0 Å². The van der Waals surface area contributed by atoms with Crippen molar-refractivity contribution in [3.63, 3.8) is 0 Å². The van der Waals surface area contributed by atoms with Crippen molar-refractivity contribution in [2.24, 2.45) is 16.6 Å². The highest BCUT2D eigenvalue weighted by Gasteiger charge is 2.34. The van der Waals surface area contributed by atoms with Crippen LogP contribution in [0.25, 0.3) is 0 Å². The lowest BCUT2D eigenvalue weighted by Crippen LogP contribution is -2.42. The Morgan fingerprint density at radius 3 is 2.74 bits per heavy atom. The molecule has 1 heterocycles. The van der Waals surface area contributed by atoms with E-state index in [4.69, 9.17) is 5.73 Å². The first kappa shape index (κ1) is 16.1. The monoisotopic (exact) mass is 280 g/mol. The van der Waals surface area contributed by atoms with Crippen LogP contribution < -0.4 is 11.1 Å². The first-order valence-electron chi connectivity index (χ1n) is 6.62. The van der Waals surface area contributed by atoms with Gasteiger partial charge in [-0.1, -0.05) is 13.8 Å². The average Bonchev–Trinajstić information content (AvgIpc) is 2.61.